The van der Waals surface area contributed by atoms with Gasteiger partial charge in [-0.05, 0) is 39.8 Å². The molecule has 3 heterocycles. The molecule has 25 heavy (non-hydrogen) atoms. The van der Waals surface area contributed by atoms with E-state index in [0.717, 1.165) is 41.8 Å². The van der Waals surface area contributed by atoms with E-state index in [1.807, 2.05) is 32.0 Å². The summed E-state index contributed by atoms with van der Waals surface area (Å²) in [6.07, 6.45) is 2.02. The van der Waals surface area contributed by atoms with Crippen molar-refractivity contribution in [2.45, 2.75) is 38.8 Å². The van der Waals surface area contributed by atoms with Crippen LogP contribution in [-0.4, -0.2) is 58.7 Å². The summed E-state index contributed by atoms with van der Waals surface area (Å²) in [5.41, 5.74) is 0.906. The number of thiophene rings is 1. The number of aromatic nitrogens is 2. The van der Waals surface area contributed by atoms with Gasteiger partial charge < -0.3 is 15.5 Å². The van der Waals surface area contributed by atoms with Crippen LogP contribution in [0.5, 0.6) is 0 Å². The number of fused-ring (bicyclic) bond motifs is 1. The molecule has 0 aliphatic carbocycles. The molecule has 0 spiro atoms. The highest BCUT2D eigenvalue weighted by Gasteiger charge is 2.31. The summed E-state index contributed by atoms with van der Waals surface area (Å²) in [6, 6.07) is 1.54. The fraction of sp³-hybridized carbons (Fsp3) is 0.588. The standard InChI is InChI=1S/C17H25N5O2S/c1-10-13-8-14(25-17(13)21(4)20-10)15(23)19-11(2)16(24)22-7-5-6-12(22)9-18-3/h8,11-12,18H,5-7,9H2,1-4H3,(H,19,23). The van der Waals surface area contributed by atoms with E-state index in [-0.39, 0.29) is 17.9 Å². The van der Waals surface area contributed by atoms with Gasteiger partial charge in [-0.15, -0.1) is 11.3 Å². The van der Waals surface area contributed by atoms with Gasteiger partial charge in [0.2, 0.25) is 5.91 Å². The SMILES string of the molecule is CNCC1CCCN1C(=O)C(C)NC(=O)c1cc2c(C)nn(C)c2s1. The summed E-state index contributed by atoms with van der Waals surface area (Å²) in [6.45, 7) is 5.24. The lowest BCUT2D eigenvalue weighted by Crippen LogP contribution is -2.50. The maximum absolute atomic E-state index is 12.7. The van der Waals surface area contributed by atoms with E-state index in [9.17, 15) is 9.59 Å². The second kappa shape index (κ2) is 7.13. The second-order valence-electron chi connectivity index (χ2n) is 6.62. The third kappa shape index (κ3) is 3.41. The first-order valence-corrected chi connectivity index (χ1v) is 9.43. The van der Waals surface area contributed by atoms with Gasteiger partial charge in [0.25, 0.3) is 5.91 Å². The zero-order valence-electron chi connectivity index (χ0n) is 15.1. The van der Waals surface area contributed by atoms with Crippen LogP contribution in [0.4, 0.5) is 0 Å². The van der Waals surface area contributed by atoms with Crippen LogP contribution < -0.4 is 10.6 Å². The first-order valence-electron chi connectivity index (χ1n) is 8.61. The molecule has 136 valence electrons. The Bertz CT molecular complexity index is 762. The number of aryl methyl sites for hydroxylation is 2. The predicted molar refractivity (Wildman–Crippen MR) is 98.9 cm³/mol. The van der Waals surface area contributed by atoms with Crippen molar-refractivity contribution >= 4 is 33.4 Å². The van der Waals surface area contributed by atoms with Gasteiger partial charge in [-0.3, -0.25) is 14.3 Å². The zero-order chi connectivity index (χ0) is 18.1. The zero-order valence-corrected chi connectivity index (χ0v) is 15.9. The number of amides is 2. The molecule has 2 N–H and O–H groups in total. The molecule has 2 aromatic heterocycles. The maximum atomic E-state index is 12.7. The fourth-order valence-electron chi connectivity index (χ4n) is 3.47. The summed E-state index contributed by atoms with van der Waals surface area (Å²) in [5, 5.41) is 11.3. The second-order valence-corrected chi connectivity index (χ2v) is 7.65. The van der Waals surface area contributed by atoms with E-state index in [1.165, 1.54) is 11.3 Å². The summed E-state index contributed by atoms with van der Waals surface area (Å²) in [4.78, 5) is 28.7. The normalized spacial score (nSPS) is 18.7. The van der Waals surface area contributed by atoms with E-state index < -0.39 is 6.04 Å². The molecule has 0 bridgehead atoms. The number of hydrogen-bond acceptors (Lipinski definition) is 5. The molecular formula is C17H25N5O2S. The van der Waals surface area contributed by atoms with Crippen LogP contribution in [0.1, 0.15) is 35.1 Å². The van der Waals surface area contributed by atoms with Crippen LogP contribution in [0.15, 0.2) is 6.07 Å². The van der Waals surface area contributed by atoms with Crippen molar-refractivity contribution in [1.82, 2.24) is 25.3 Å². The van der Waals surface area contributed by atoms with Gasteiger partial charge in [-0.2, -0.15) is 5.10 Å². The molecule has 2 unspecified atom stereocenters. The molecule has 0 aromatic carbocycles. The number of carbonyl (C=O) groups excluding carboxylic acids is 2. The maximum Gasteiger partial charge on any atom is 0.262 e. The minimum Gasteiger partial charge on any atom is -0.340 e. The summed E-state index contributed by atoms with van der Waals surface area (Å²) >= 11 is 1.40. The fourth-order valence-corrected chi connectivity index (χ4v) is 4.50. The summed E-state index contributed by atoms with van der Waals surface area (Å²) < 4.78 is 1.78. The first-order chi connectivity index (χ1) is 11.9. The van der Waals surface area contributed by atoms with Gasteiger partial charge in [0.15, 0.2) is 0 Å². The van der Waals surface area contributed by atoms with Crippen molar-refractivity contribution < 1.29 is 9.59 Å². The number of nitrogens with one attached hydrogen (secondary N) is 2. The number of nitrogens with zero attached hydrogens (tertiary/aromatic N) is 3. The number of likely N-dealkylation sites (N-methyl/N-ethyl adjacent to an activating group) is 1. The minimum atomic E-state index is -0.533. The lowest BCUT2D eigenvalue weighted by molar-refractivity contribution is -0.133. The largest absolute Gasteiger partial charge is 0.340 e. The average molecular weight is 363 g/mol. The van der Waals surface area contributed by atoms with Crippen LogP contribution in [0.25, 0.3) is 10.2 Å². The van der Waals surface area contributed by atoms with Crippen molar-refractivity contribution in [3.05, 3.63) is 16.6 Å². The molecule has 7 nitrogen and oxygen atoms in total. The molecule has 8 heteroatoms. The van der Waals surface area contributed by atoms with E-state index in [0.29, 0.717) is 4.88 Å². The molecule has 0 radical (unpaired) electrons. The Morgan fingerprint density at radius 3 is 2.92 bits per heavy atom. The third-order valence-electron chi connectivity index (χ3n) is 4.74. The number of rotatable bonds is 5. The van der Waals surface area contributed by atoms with Crippen LogP contribution in [0, 0.1) is 6.92 Å². The predicted octanol–water partition coefficient (Wildman–Crippen LogP) is 1.27. The highest BCUT2D eigenvalue weighted by atomic mass is 32.1. The van der Waals surface area contributed by atoms with E-state index in [1.54, 1.807) is 11.6 Å². The third-order valence-corrected chi connectivity index (χ3v) is 5.94. The highest BCUT2D eigenvalue weighted by molar-refractivity contribution is 7.20. The lowest BCUT2D eigenvalue weighted by Gasteiger charge is -2.27. The van der Waals surface area contributed by atoms with Crippen molar-refractivity contribution in [1.29, 1.82) is 0 Å². The van der Waals surface area contributed by atoms with Crippen molar-refractivity contribution in [3.63, 3.8) is 0 Å². The Kier molecular flexibility index (Phi) is 5.10. The molecule has 0 saturated carbocycles. The minimum absolute atomic E-state index is 0.00921. The van der Waals surface area contributed by atoms with Gasteiger partial charge in [0.1, 0.15) is 10.9 Å². The molecule has 1 saturated heterocycles. The monoisotopic (exact) mass is 363 g/mol. The van der Waals surface area contributed by atoms with Gasteiger partial charge in [-0.25, -0.2) is 0 Å². The van der Waals surface area contributed by atoms with Crippen LogP contribution in [-0.2, 0) is 11.8 Å². The van der Waals surface area contributed by atoms with Crippen molar-refractivity contribution in [2.75, 3.05) is 20.1 Å². The molecule has 3 rings (SSSR count). The Hall–Kier alpha value is -1.93. The van der Waals surface area contributed by atoms with E-state index in [2.05, 4.69) is 15.7 Å². The molecule has 2 amide bonds. The van der Waals surface area contributed by atoms with Crippen LogP contribution in [0.3, 0.4) is 0 Å². The van der Waals surface area contributed by atoms with Gasteiger partial charge in [0.05, 0.1) is 10.6 Å². The smallest absolute Gasteiger partial charge is 0.262 e. The quantitative estimate of drug-likeness (QED) is 0.839. The Balaban J connectivity index is 1.68. The van der Waals surface area contributed by atoms with Gasteiger partial charge in [-0.1, -0.05) is 0 Å². The van der Waals surface area contributed by atoms with Crippen molar-refractivity contribution in [3.8, 4) is 0 Å². The number of hydrogen-bond donors (Lipinski definition) is 2. The Labute approximate surface area is 151 Å². The van der Waals surface area contributed by atoms with Gasteiger partial charge in [0, 0.05) is 31.6 Å². The van der Waals surface area contributed by atoms with Crippen LogP contribution >= 0.6 is 11.3 Å². The highest BCUT2D eigenvalue weighted by Crippen LogP contribution is 2.27. The van der Waals surface area contributed by atoms with Gasteiger partial charge >= 0.3 is 0 Å². The average Bonchev–Trinajstić information content (AvgIpc) is 3.25. The molecule has 1 aliphatic heterocycles. The lowest BCUT2D eigenvalue weighted by atomic mass is 10.2. The first kappa shape index (κ1) is 17.9. The van der Waals surface area contributed by atoms with E-state index in [4.69, 9.17) is 0 Å². The Morgan fingerprint density at radius 1 is 1.48 bits per heavy atom. The molecule has 1 fully saturated rings. The van der Waals surface area contributed by atoms with E-state index >= 15 is 0 Å². The van der Waals surface area contributed by atoms with Crippen LogP contribution in [0.2, 0.25) is 0 Å². The van der Waals surface area contributed by atoms with Crippen molar-refractivity contribution in [2.24, 2.45) is 7.05 Å². The molecule has 1 aliphatic rings. The molecular weight excluding hydrogens is 338 g/mol. The number of carbonyl (C=O) groups is 2. The molecule has 2 atom stereocenters. The topological polar surface area (TPSA) is 79.3 Å². The summed E-state index contributed by atoms with van der Waals surface area (Å²) in [7, 11) is 3.76. The molecule has 2 aromatic rings. The summed E-state index contributed by atoms with van der Waals surface area (Å²) in [5.74, 6) is -0.212. The number of likely N-dealkylation sites (tertiary alicyclic amines) is 1. The Morgan fingerprint density at radius 2 is 2.24 bits per heavy atom.